The van der Waals surface area contributed by atoms with Gasteiger partial charge >= 0.3 is 5.97 Å². The second-order valence-electron chi connectivity index (χ2n) is 7.31. The van der Waals surface area contributed by atoms with E-state index in [1.807, 2.05) is 45.0 Å². The summed E-state index contributed by atoms with van der Waals surface area (Å²) in [6, 6.07) is 7.57. The van der Waals surface area contributed by atoms with Crippen molar-refractivity contribution in [3.63, 3.8) is 0 Å². The predicted molar refractivity (Wildman–Crippen MR) is 99.8 cm³/mol. The molecule has 0 spiro atoms. The van der Waals surface area contributed by atoms with Gasteiger partial charge in [0.25, 0.3) is 0 Å². The fraction of sp³-hybridized carbons (Fsp3) is 0.650. The first-order valence-corrected chi connectivity index (χ1v) is 10.4. The molecule has 1 aliphatic carbocycles. The number of esters is 1. The van der Waals surface area contributed by atoms with Crippen LogP contribution < -0.4 is 0 Å². The minimum Gasteiger partial charge on any atom is -0.466 e. The summed E-state index contributed by atoms with van der Waals surface area (Å²) in [4.78, 5) is 13.3. The summed E-state index contributed by atoms with van der Waals surface area (Å²) in [6.45, 7) is 7.87. The number of carbonyl (C=O) groups is 1. The van der Waals surface area contributed by atoms with Crippen molar-refractivity contribution < 1.29 is 18.8 Å². The molecule has 1 aliphatic rings. The van der Waals surface area contributed by atoms with Crippen molar-refractivity contribution in [3.05, 3.63) is 29.8 Å². The summed E-state index contributed by atoms with van der Waals surface area (Å²) >= 11 is 0. The third kappa shape index (κ3) is 4.32. The van der Waals surface area contributed by atoms with Gasteiger partial charge in [0.05, 0.1) is 34.2 Å². The van der Waals surface area contributed by atoms with Crippen molar-refractivity contribution in [2.24, 2.45) is 11.8 Å². The maximum atomic E-state index is 13.2. The van der Waals surface area contributed by atoms with Gasteiger partial charge in [-0.3, -0.25) is 9.00 Å². The molecular formula is C20H30O4S. The molecule has 1 N–H and O–H groups in total. The molecule has 2 rings (SSSR count). The Kier molecular flexibility index (Phi) is 6.80. The lowest BCUT2D eigenvalue weighted by atomic mass is 9.71. The molecule has 0 radical (unpaired) electrons. The van der Waals surface area contributed by atoms with E-state index in [4.69, 9.17) is 4.74 Å². The first-order valence-electron chi connectivity index (χ1n) is 9.17. The van der Waals surface area contributed by atoms with Gasteiger partial charge in [0.1, 0.15) is 0 Å². The van der Waals surface area contributed by atoms with E-state index in [9.17, 15) is 14.1 Å². The van der Waals surface area contributed by atoms with E-state index in [1.54, 1.807) is 6.92 Å². The minimum absolute atomic E-state index is 0.0836. The van der Waals surface area contributed by atoms with E-state index < -0.39 is 27.6 Å². The zero-order valence-corrected chi connectivity index (χ0v) is 16.5. The Hall–Kier alpha value is -1.20. The zero-order valence-electron chi connectivity index (χ0n) is 15.7. The minimum atomic E-state index is -1.36. The molecule has 140 valence electrons. The summed E-state index contributed by atoms with van der Waals surface area (Å²) in [5.41, 5.74) is -0.194. The van der Waals surface area contributed by atoms with Gasteiger partial charge in [0.2, 0.25) is 0 Å². The molecule has 4 atom stereocenters. The number of rotatable bonds is 6. The van der Waals surface area contributed by atoms with Gasteiger partial charge in [-0.25, -0.2) is 0 Å². The SMILES string of the molecule is CCOC(=O)[C@@H](C(C)C)[C@@]1(O)CCCC[C@@H]1[S@@](=O)c1ccc(C)cc1. The third-order valence-electron chi connectivity index (χ3n) is 5.11. The number of aliphatic hydroxyl groups is 1. The molecule has 1 aromatic rings. The Bertz CT molecular complexity index is 611. The molecule has 25 heavy (non-hydrogen) atoms. The van der Waals surface area contributed by atoms with Gasteiger partial charge in [0, 0.05) is 4.90 Å². The topological polar surface area (TPSA) is 63.6 Å². The summed E-state index contributed by atoms with van der Waals surface area (Å²) in [6.07, 6.45) is 2.88. The molecule has 1 fully saturated rings. The Morgan fingerprint density at radius 1 is 1.32 bits per heavy atom. The number of aryl methyl sites for hydroxylation is 1. The Balaban J connectivity index is 2.38. The van der Waals surface area contributed by atoms with Gasteiger partial charge in [-0.1, -0.05) is 44.4 Å². The highest BCUT2D eigenvalue weighted by Crippen LogP contribution is 2.42. The Morgan fingerprint density at radius 2 is 1.96 bits per heavy atom. The van der Waals surface area contributed by atoms with E-state index in [0.717, 1.165) is 18.4 Å². The van der Waals surface area contributed by atoms with Crippen LogP contribution in [-0.2, 0) is 20.3 Å². The van der Waals surface area contributed by atoms with Crippen LogP contribution in [0.4, 0.5) is 0 Å². The van der Waals surface area contributed by atoms with Crippen molar-refractivity contribution in [1.82, 2.24) is 0 Å². The van der Waals surface area contributed by atoms with Crippen LogP contribution in [0, 0.1) is 18.8 Å². The van der Waals surface area contributed by atoms with E-state index in [-0.39, 0.29) is 18.5 Å². The monoisotopic (exact) mass is 366 g/mol. The number of ether oxygens (including phenoxy) is 1. The smallest absolute Gasteiger partial charge is 0.312 e. The van der Waals surface area contributed by atoms with Gasteiger partial charge in [-0.05, 0) is 44.7 Å². The summed E-state index contributed by atoms with van der Waals surface area (Å²) in [5, 5.41) is 11.1. The second kappa shape index (κ2) is 8.45. The highest BCUT2D eigenvalue weighted by atomic mass is 32.2. The average molecular weight is 367 g/mol. The normalized spacial score (nSPS) is 26.2. The van der Waals surface area contributed by atoms with Crippen LogP contribution in [0.5, 0.6) is 0 Å². The largest absolute Gasteiger partial charge is 0.466 e. The first kappa shape index (κ1) is 20.1. The van der Waals surface area contributed by atoms with E-state index in [2.05, 4.69) is 0 Å². The molecule has 0 bridgehead atoms. The van der Waals surface area contributed by atoms with Crippen molar-refractivity contribution >= 4 is 16.8 Å². The Labute approximate surface area is 153 Å². The second-order valence-corrected chi connectivity index (χ2v) is 8.95. The van der Waals surface area contributed by atoms with Gasteiger partial charge in [0.15, 0.2) is 0 Å². The molecule has 1 saturated carbocycles. The van der Waals surface area contributed by atoms with Gasteiger partial charge in [-0.2, -0.15) is 0 Å². The summed E-state index contributed by atoms with van der Waals surface area (Å²) in [7, 11) is -1.36. The molecule has 0 aromatic heterocycles. The molecule has 0 aliphatic heterocycles. The number of benzene rings is 1. The highest BCUT2D eigenvalue weighted by Gasteiger charge is 2.52. The summed E-state index contributed by atoms with van der Waals surface area (Å²) < 4.78 is 18.5. The van der Waals surface area contributed by atoms with Gasteiger partial charge in [-0.15, -0.1) is 0 Å². The average Bonchev–Trinajstić information content (AvgIpc) is 2.55. The molecular weight excluding hydrogens is 336 g/mol. The fourth-order valence-corrected chi connectivity index (χ4v) is 5.67. The standard InChI is InChI=1S/C20H30O4S/c1-5-24-19(21)18(14(2)3)20(22)13-7-6-8-17(20)25(23)16-11-9-15(4)10-12-16/h9-12,14,17-18,22H,5-8,13H2,1-4H3/t17-,18+,20+,25-/m0/s1. The van der Waals surface area contributed by atoms with Crippen LogP contribution in [-0.4, -0.2) is 32.7 Å². The molecule has 0 amide bonds. The van der Waals surface area contributed by atoms with Crippen molar-refractivity contribution in [2.45, 2.75) is 69.1 Å². The fourth-order valence-electron chi connectivity index (χ4n) is 3.92. The van der Waals surface area contributed by atoms with Gasteiger partial charge < -0.3 is 9.84 Å². The maximum Gasteiger partial charge on any atom is 0.312 e. The zero-order chi connectivity index (χ0) is 18.6. The molecule has 0 unspecified atom stereocenters. The molecule has 1 aromatic carbocycles. The van der Waals surface area contributed by atoms with Crippen LogP contribution in [0.1, 0.15) is 52.0 Å². The van der Waals surface area contributed by atoms with Crippen molar-refractivity contribution in [2.75, 3.05) is 6.61 Å². The van der Waals surface area contributed by atoms with E-state index in [1.165, 1.54) is 0 Å². The first-order chi connectivity index (χ1) is 11.8. The van der Waals surface area contributed by atoms with Crippen LogP contribution in [0.2, 0.25) is 0 Å². The lowest BCUT2D eigenvalue weighted by molar-refractivity contribution is -0.164. The number of carbonyl (C=O) groups excluding carboxylic acids is 1. The lowest BCUT2D eigenvalue weighted by Crippen LogP contribution is -2.57. The number of hydrogen-bond donors (Lipinski definition) is 1. The van der Waals surface area contributed by atoms with E-state index >= 15 is 0 Å². The molecule has 5 heteroatoms. The highest BCUT2D eigenvalue weighted by molar-refractivity contribution is 7.85. The molecule has 4 nitrogen and oxygen atoms in total. The van der Waals surface area contributed by atoms with Crippen LogP contribution in [0.3, 0.4) is 0 Å². The molecule has 0 saturated heterocycles. The van der Waals surface area contributed by atoms with Crippen LogP contribution in [0.15, 0.2) is 29.2 Å². The molecule has 0 heterocycles. The number of hydrogen-bond acceptors (Lipinski definition) is 4. The lowest BCUT2D eigenvalue weighted by Gasteiger charge is -2.45. The van der Waals surface area contributed by atoms with E-state index in [0.29, 0.717) is 17.7 Å². The maximum absolute atomic E-state index is 13.2. The predicted octanol–water partition coefficient (Wildman–Crippen LogP) is 3.61. The quantitative estimate of drug-likeness (QED) is 0.781. The van der Waals surface area contributed by atoms with Crippen molar-refractivity contribution in [1.29, 1.82) is 0 Å². The van der Waals surface area contributed by atoms with Crippen LogP contribution in [0.25, 0.3) is 0 Å². The third-order valence-corrected chi connectivity index (χ3v) is 7.01. The van der Waals surface area contributed by atoms with Crippen LogP contribution >= 0.6 is 0 Å². The Morgan fingerprint density at radius 3 is 2.52 bits per heavy atom. The summed E-state index contributed by atoms with van der Waals surface area (Å²) in [5.74, 6) is -1.13. The van der Waals surface area contributed by atoms with Crippen molar-refractivity contribution in [3.8, 4) is 0 Å².